The van der Waals surface area contributed by atoms with E-state index in [1.54, 1.807) is 19.1 Å². The van der Waals surface area contributed by atoms with Gasteiger partial charge in [-0.1, -0.05) is 11.6 Å². The maximum atomic E-state index is 11.5. The maximum absolute atomic E-state index is 11.5. The van der Waals surface area contributed by atoms with Crippen molar-refractivity contribution in [3.63, 3.8) is 0 Å². The highest BCUT2D eigenvalue weighted by Gasteiger charge is 2.16. The first-order valence-electron chi connectivity index (χ1n) is 7.48. The largest absolute Gasteiger partial charge is 0.478 e. The first-order chi connectivity index (χ1) is 12.8. The Labute approximate surface area is 161 Å². The second kappa shape index (κ2) is 7.68. The molecule has 0 amide bonds. The number of carboxylic acid groups (broad SMARTS) is 2. The van der Waals surface area contributed by atoms with E-state index in [9.17, 15) is 14.7 Å². The number of aryl methyl sites for hydroxylation is 1. The third kappa shape index (κ3) is 4.39. The zero-order valence-corrected chi connectivity index (χ0v) is 15.3. The minimum absolute atomic E-state index is 0.0414. The lowest BCUT2D eigenvalue weighted by atomic mass is 10.1. The molecule has 0 aliphatic heterocycles. The molecule has 2 aromatic heterocycles. The van der Waals surface area contributed by atoms with Crippen molar-refractivity contribution in [2.45, 2.75) is 12.1 Å². The van der Waals surface area contributed by atoms with E-state index in [0.29, 0.717) is 22.2 Å². The lowest BCUT2D eigenvalue weighted by Gasteiger charge is -2.02. The van der Waals surface area contributed by atoms with Crippen molar-refractivity contribution >= 4 is 41.4 Å². The van der Waals surface area contributed by atoms with Gasteiger partial charge in [-0.25, -0.2) is 14.6 Å². The molecule has 0 radical (unpaired) electrons. The number of aliphatic carboxylic acids is 1. The summed E-state index contributed by atoms with van der Waals surface area (Å²) in [6.45, 7) is 1.70. The van der Waals surface area contributed by atoms with Crippen LogP contribution in [0.3, 0.4) is 0 Å². The number of aromatic carboxylic acids is 1. The number of carbonyl (C=O) groups is 2. The number of rotatable bonds is 6. The van der Waals surface area contributed by atoms with Crippen LogP contribution < -0.4 is 0 Å². The first kappa shape index (κ1) is 18.7. The van der Waals surface area contributed by atoms with Crippen LogP contribution in [-0.2, 0) is 4.79 Å². The van der Waals surface area contributed by atoms with Crippen LogP contribution in [0.4, 0.5) is 0 Å². The third-order valence-electron chi connectivity index (χ3n) is 3.37. The molecule has 0 saturated carbocycles. The lowest BCUT2D eigenvalue weighted by molar-refractivity contribution is -0.131. The molecule has 3 rings (SSSR count). The molecule has 0 spiro atoms. The number of carboxylic acids is 2. The Morgan fingerprint density at radius 2 is 2.04 bits per heavy atom. The molecule has 10 heteroatoms. The molecule has 1 aromatic carbocycles. The van der Waals surface area contributed by atoms with E-state index in [0.717, 1.165) is 11.8 Å². The first-order valence-corrected chi connectivity index (χ1v) is 8.68. The van der Waals surface area contributed by atoms with E-state index in [-0.39, 0.29) is 21.4 Å². The van der Waals surface area contributed by atoms with E-state index in [1.165, 1.54) is 24.3 Å². The van der Waals surface area contributed by atoms with Crippen molar-refractivity contribution in [1.82, 2.24) is 15.2 Å². The molecule has 0 aliphatic carbocycles. The molecular weight excluding hydrogens is 394 g/mol. The lowest BCUT2D eigenvalue weighted by Crippen LogP contribution is -1.97. The van der Waals surface area contributed by atoms with Gasteiger partial charge in [0.15, 0.2) is 0 Å². The quantitative estimate of drug-likeness (QED) is 0.415. The molecule has 8 nitrogen and oxygen atoms in total. The molecular formula is C17H12ClN3O5S. The minimum Gasteiger partial charge on any atom is -0.478 e. The van der Waals surface area contributed by atoms with Gasteiger partial charge in [0.1, 0.15) is 22.3 Å². The third-order valence-corrected chi connectivity index (χ3v) is 4.57. The molecule has 3 N–H and O–H groups in total. The monoisotopic (exact) mass is 405 g/mol. The molecule has 0 atom stereocenters. The second-order valence-electron chi connectivity index (χ2n) is 5.32. The van der Waals surface area contributed by atoms with Crippen molar-refractivity contribution in [2.24, 2.45) is 0 Å². The van der Waals surface area contributed by atoms with Gasteiger partial charge in [-0.15, -0.1) is 5.10 Å². The zero-order valence-electron chi connectivity index (χ0n) is 13.8. The average Bonchev–Trinajstić information content (AvgIpc) is 3.23. The van der Waals surface area contributed by atoms with Crippen molar-refractivity contribution in [2.75, 3.05) is 0 Å². The highest BCUT2D eigenvalue weighted by atomic mass is 35.5. The number of nitrogens with zero attached hydrogens (tertiary/aromatic N) is 2. The van der Waals surface area contributed by atoms with Gasteiger partial charge in [0.2, 0.25) is 5.16 Å². The van der Waals surface area contributed by atoms with Crippen LogP contribution in [0.2, 0.25) is 5.02 Å². The summed E-state index contributed by atoms with van der Waals surface area (Å²) in [5.74, 6) is -1.11. The summed E-state index contributed by atoms with van der Waals surface area (Å²) in [6, 6.07) is 7.38. The van der Waals surface area contributed by atoms with Gasteiger partial charge in [-0.05, 0) is 49.0 Å². The molecule has 0 fully saturated rings. The van der Waals surface area contributed by atoms with E-state index < -0.39 is 11.9 Å². The molecule has 27 heavy (non-hydrogen) atoms. The van der Waals surface area contributed by atoms with Gasteiger partial charge in [0.25, 0.3) is 0 Å². The highest BCUT2D eigenvalue weighted by molar-refractivity contribution is 8.04. The summed E-state index contributed by atoms with van der Waals surface area (Å²) in [6.07, 6.45) is 1.33. The number of H-pyrrole nitrogens is 1. The number of aromatic nitrogens is 3. The smallest absolute Gasteiger partial charge is 0.342 e. The van der Waals surface area contributed by atoms with E-state index in [1.807, 2.05) is 0 Å². The molecule has 0 saturated heterocycles. The molecule has 3 aromatic rings. The summed E-state index contributed by atoms with van der Waals surface area (Å²) < 4.78 is 5.63. The van der Waals surface area contributed by atoms with E-state index >= 15 is 0 Å². The number of hydrogen-bond acceptors (Lipinski definition) is 6. The van der Waals surface area contributed by atoms with Crippen LogP contribution >= 0.6 is 23.4 Å². The van der Waals surface area contributed by atoms with Crippen molar-refractivity contribution in [3.8, 4) is 11.3 Å². The molecule has 0 unspecified atom stereocenters. The Morgan fingerprint density at radius 3 is 2.67 bits per heavy atom. The number of aromatic amines is 1. The standard InChI is InChI=1S/C17H12ClN3O5S/c1-8-19-17(21-20-8)27-14(16(24)25)7-10-3-5-13(26-10)11-6-9(15(22)23)2-4-12(11)18/h2-7H,1H3,(H,22,23)(H,24,25)(H,19,20,21)/b14-7+. The Bertz CT molecular complexity index is 1060. The fourth-order valence-electron chi connectivity index (χ4n) is 2.15. The Balaban J connectivity index is 1.92. The van der Waals surface area contributed by atoms with E-state index in [2.05, 4.69) is 15.2 Å². The summed E-state index contributed by atoms with van der Waals surface area (Å²) in [5, 5.41) is 25.6. The van der Waals surface area contributed by atoms with Crippen LogP contribution in [0.1, 0.15) is 21.9 Å². The average molecular weight is 406 g/mol. The summed E-state index contributed by atoms with van der Waals surface area (Å²) in [7, 11) is 0. The summed E-state index contributed by atoms with van der Waals surface area (Å²) in [4.78, 5) is 26.6. The van der Waals surface area contributed by atoms with Gasteiger partial charge in [-0.3, -0.25) is 5.10 Å². The SMILES string of the molecule is Cc1nc(S/C(=C/c2ccc(-c3cc(C(=O)O)ccc3Cl)o2)C(=O)O)n[nH]1. The number of benzene rings is 1. The van der Waals surface area contributed by atoms with Crippen LogP contribution in [-0.4, -0.2) is 37.3 Å². The summed E-state index contributed by atoms with van der Waals surface area (Å²) >= 11 is 7.00. The predicted molar refractivity (Wildman–Crippen MR) is 98.7 cm³/mol. The topological polar surface area (TPSA) is 129 Å². The van der Waals surface area contributed by atoms with Gasteiger partial charge in [-0.2, -0.15) is 0 Å². The van der Waals surface area contributed by atoms with Crippen LogP contribution in [0.15, 0.2) is 44.8 Å². The van der Waals surface area contributed by atoms with Crippen molar-refractivity contribution < 1.29 is 24.2 Å². The predicted octanol–water partition coefficient (Wildman–Crippen LogP) is 3.94. The number of halogens is 1. The minimum atomic E-state index is -1.16. The maximum Gasteiger partial charge on any atom is 0.342 e. The van der Waals surface area contributed by atoms with Gasteiger partial charge in [0, 0.05) is 11.6 Å². The van der Waals surface area contributed by atoms with Crippen molar-refractivity contribution in [3.05, 3.63) is 57.4 Å². The van der Waals surface area contributed by atoms with Crippen LogP contribution in [0.5, 0.6) is 0 Å². The molecule has 0 aliphatic rings. The highest BCUT2D eigenvalue weighted by Crippen LogP contribution is 2.32. The van der Waals surface area contributed by atoms with E-state index in [4.69, 9.17) is 21.1 Å². The number of furan rings is 1. The fraction of sp³-hybridized carbons (Fsp3) is 0.0588. The normalized spacial score (nSPS) is 11.6. The van der Waals surface area contributed by atoms with Gasteiger partial charge >= 0.3 is 11.9 Å². The zero-order chi connectivity index (χ0) is 19.6. The second-order valence-corrected chi connectivity index (χ2v) is 6.74. The van der Waals surface area contributed by atoms with Gasteiger partial charge < -0.3 is 14.6 Å². The molecule has 0 bridgehead atoms. The number of hydrogen-bond donors (Lipinski definition) is 3. The van der Waals surface area contributed by atoms with Crippen LogP contribution in [0.25, 0.3) is 17.4 Å². The summed E-state index contributed by atoms with van der Waals surface area (Å²) in [5.41, 5.74) is 0.454. The molecule has 2 heterocycles. The fourth-order valence-corrected chi connectivity index (χ4v) is 3.10. The molecule has 138 valence electrons. The Kier molecular flexibility index (Phi) is 5.33. The number of thioether (sulfide) groups is 1. The Hall–Kier alpha value is -3.04. The van der Waals surface area contributed by atoms with Gasteiger partial charge in [0.05, 0.1) is 10.6 Å². The Morgan fingerprint density at radius 1 is 1.26 bits per heavy atom. The van der Waals surface area contributed by atoms with Crippen molar-refractivity contribution in [1.29, 1.82) is 0 Å². The number of nitrogens with one attached hydrogen (secondary N) is 1. The van der Waals surface area contributed by atoms with Crippen LogP contribution in [0, 0.1) is 6.92 Å².